The molecule has 292 valence electrons. The molecular weight excluding hydrogens is 713 g/mol. The number of nitrogens with zero attached hydrogens (tertiary/aromatic N) is 5. The Kier molecular flexibility index (Phi) is 11.4. The van der Waals surface area contributed by atoms with E-state index in [0.717, 1.165) is 11.1 Å². The van der Waals surface area contributed by atoms with Crippen molar-refractivity contribution in [3.05, 3.63) is 121 Å². The van der Waals surface area contributed by atoms with Gasteiger partial charge in [-0.2, -0.15) is 0 Å². The number of allylic oxidation sites excluding steroid dienone is 1. The molecule has 8 atom stereocenters. The van der Waals surface area contributed by atoms with Crippen molar-refractivity contribution in [2.75, 3.05) is 13.2 Å². The fourth-order valence-corrected chi connectivity index (χ4v) is 8.84. The molecule has 0 unspecified atom stereocenters. The van der Waals surface area contributed by atoms with Crippen LogP contribution in [0.5, 0.6) is 0 Å². The first kappa shape index (κ1) is 38.6. The minimum Gasteiger partial charge on any atom is -0.455 e. The monoisotopic (exact) mass is 760 g/mol. The molecule has 3 aliphatic rings. The second kappa shape index (κ2) is 16.6. The predicted molar refractivity (Wildman–Crippen MR) is 207 cm³/mol. The summed E-state index contributed by atoms with van der Waals surface area (Å²) < 4.78 is 14.7. The number of likely N-dealkylation sites (tertiary alicyclic amines) is 1. The third kappa shape index (κ3) is 7.24. The first-order chi connectivity index (χ1) is 27.2. The molecule has 13 nitrogen and oxygen atoms in total. The van der Waals surface area contributed by atoms with Gasteiger partial charge in [-0.3, -0.25) is 19.2 Å². The van der Waals surface area contributed by atoms with E-state index in [1.165, 1.54) is 4.90 Å². The first-order valence-electron chi connectivity index (χ1n) is 19.2. The number of fused-ring (bicyclic) bond motifs is 2. The smallest absolute Gasteiger partial charge is 0.313 e. The van der Waals surface area contributed by atoms with Crippen LogP contribution in [0.25, 0.3) is 11.0 Å². The lowest BCUT2D eigenvalue weighted by Gasteiger charge is -2.39. The predicted octanol–water partition coefficient (Wildman–Crippen LogP) is 4.14. The quantitative estimate of drug-likeness (QED) is 0.119. The highest BCUT2D eigenvalue weighted by Gasteiger charge is 2.75. The van der Waals surface area contributed by atoms with Gasteiger partial charge < -0.3 is 29.7 Å². The molecule has 7 rings (SSSR count). The molecule has 4 heterocycles. The van der Waals surface area contributed by atoms with Crippen molar-refractivity contribution in [3.8, 4) is 0 Å². The minimum atomic E-state index is -1.37. The Balaban J connectivity index is 1.24. The van der Waals surface area contributed by atoms with Gasteiger partial charge in [-0.25, -0.2) is 4.68 Å². The van der Waals surface area contributed by atoms with Crippen molar-refractivity contribution in [3.63, 3.8) is 0 Å². The van der Waals surface area contributed by atoms with Gasteiger partial charge in [0.15, 0.2) is 0 Å². The molecule has 3 aliphatic heterocycles. The number of carbonyl (C=O) groups excluding carboxylic acids is 4. The summed E-state index contributed by atoms with van der Waals surface area (Å²) >= 11 is 0. The third-order valence-corrected chi connectivity index (χ3v) is 11.3. The average molecular weight is 761 g/mol. The molecule has 0 saturated carbocycles. The molecular formula is C43H48N6O7. The maximum absolute atomic E-state index is 15.2. The van der Waals surface area contributed by atoms with Crippen molar-refractivity contribution >= 4 is 34.7 Å². The summed E-state index contributed by atoms with van der Waals surface area (Å²) in [5.41, 5.74) is 1.56. The molecule has 3 fully saturated rings. The van der Waals surface area contributed by atoms with Gasteiger partial charge in [0.25, 0.3) is 0 Å². The highest BCUT2D eigenvalue weighted by atomic mass is 16.6. The van der Waals surface area contributed by atoms with Crippen molar-refractivity contribution in [1.82, 2.24) is 30.1 Å². The Bertz CT molecular complexity index is 2070. The molecule has 2 bridgehead atoms. The number of rotatable bonds is 17. The minimum absolute atomic E-state index is 0.0111. The molecule has 0 aliphatic carbocycles. The molecule has 1 aromatic heterocycles. The number of para-hydroxylation sites is 1. The first-order valence-corrected chi connectivity index (χ1v) is 19.2. The van der Waals surface area contributed by atoms with Crippen molar-refractivity contribution in [2.24, 2.45) is 11.8 Å². The third-order valence-electron chi connectivity index (χ3n) is 11.3. The maximum atomic E-state index is 15.2. The zero-order valence-electron chi connectivity index (χ0n) is 31.5. The summed E-state index contributed by atoms with van der Waals surface area (Å²) in [7, 11) is 0. The van der Waals surface area contributed by atoms with Crippen LogP contribution in [-0.4, -0.2) is 96.6 Å². The summed E-state index contributed by atoms with van der Waals surface area (Å²) in [6.45, 7) is 9.08. The maximum Gasteiger partial charge on any atom is 0.313 e. The number of esters is 1. The standard InChI is InChI=1S/C43H48N6O7/c1-4-6-21-35(51)44-28(3)38(30-17-11-8-12-18-30)55-42(54)36-34-22-23-43(56-34)37(36)40(52)49(31(26-50)25-29-15-9-7-10-16-29)39(43)41(53)47(24-5-2)27-48-33-20-14-13-19-32(33)45-46-48/h4-5,7-20,28,31,34,36-39,50H,1-2,6,21-27H2,3H3,(H,44,51)/t28-,31-,34-,36+,37+,38-,39-,43+/m1/s1. The fourth-order valence-electron chi connectivity index (χ4n) is 8.84. The number of amides is 3. The summed E-state index contributed by atoms with van der Waals surface area (Å²) in [5, 5.41) is 22.5. The van der Waals surface area contributed by atoms with E-state index in [1.807, 2.05) is 84.9 Å². The number of benzene rings is 3. The molecule has 3 amide bonds. The second-order valence-corrected chi connectivity index (χ2v) is 14.8. The van der Waals surface area contributed by atoms with Gasteiger partial charge in [-0.05, 0) is 55.9 Å². The van der Waals surface area contributed by atoms with E-state index in [0.29, 0.717) is 30.3 Å². The second-order valence-electron chi connectivity index (χ2n) is 14.8. The lowest BCUT2D eigenvalue weighted by molar-refractivity contribution is -0.162. The van der Waals surface area contributed by atoms with Crippen molar-refractivity contribution in [2.45, 2.75) is 81.6 Å². The van der Waals surface area contributed by atoms with E-state index in [9.17, 15) is 14.7 Å². The number of aliphatic hydroxyl groups excluding tert-OH is 1. The Labute approximate surface area is 325 Å². The fraction of sp³-hybridized carbons (Fsp3) is 0.395. The number of carbonyl (C=O) groups is 4. The van der Waals surface area contributed by atoms with E-state index in [-0.39, 0.29) is 32.0 Å². The van der Waals surface area contributed by atoms with E-state index in [2.05, 4.69) is 28.8 Å². The molecule has 3 aromatic carbocycles. The van der Waals surface area contributed by atoms with Crippen LogP contribution < -0.4 is 5.32 Å². The highest BCUT2D eigenvalue weighted by molar-refractivity contribution is 5.98. The average Bonchev–Trinajstić information content (AvgIpc) is 3.98. The van der Waals surface area contributed by atoms with Gasteiger partial charge in [0.05, 0.1) is 42.1 Å². The van der Waals surface area contributed by atoms with Gasteiger partial charge in [-0.1, -0.05) is 90.2 Å². The lowest BCUT2D eigenvalue weighted by Crippen LogP contribution is -2.59. The molecule has 56 heavy (non-hydrogen) atoms. The Morgan fingerprint density at radius 1 is 1.05 bits per heavy atom. The number of ether oxygens (including phenoxy) is 2. The van der Waals surface area contributed by atoms with E-state index < -0.39 is 72.2 Å². The van der Waals surface area contributed by atoms with Crippen LogP contribution in [0, 0.1) is 11.8 Å². The SMILES string of the molecule is C=CCCC(=O)N[C@H](C)[C@@H](OC(=O)[C@@H]1[C@H]2C(=O)N([C@@H](CO)Cc3ccccc3)[C@H](C(=O)N(CC=C)Cn3nnc4ccccc43)[C@]23CC[C@H]1O3)c1ccccc1. The number of hydrogen-bond acceptors (Lipinski definition) is 9. The van der Waals surface area contributed by atoms with Gasteiger partial charge >= 0.3 is 5.97 Å². The number of aromatic nitrogens is 3. The summed E-state index contributed by atoms with van der Waals surface area (Å²) in [6.07, 6.45) is 3.48. The zero-order chi connectivity index (χ0) is 39.4. The Hall–Kier alpha value is -5.66. The Morgan fingerprint density at radius 3 is 2.48 bits per heavy atom. The van der Waals surface area contributed by atoms with Gasteiger partial charge in [0, 0.05) is 13.0 Å². The van der Waals surface area contributed by atoms with Crippen LogP contribution in [0.4, 0.5) is 0 Å². The van der Waals surface area contributed by atoms with Crippen molar-refractivity contribution in [1.29, 1.82) is 0 Å². The highest BCUT2D eigenvalue weighted by Crippen LogP contribution is 2.59. The molecule has 2 N–H and O–H groups in total. The van der Waals surface area contributed by atoms with Gasteiger partial charge in [-0.15, -0.1) is 18.3 Å². The van der Waals surface area contributed by atoms with Crippen LogP contribution in [-0.2, 0) is 41.7 Å². The van der Waals surface area contributed by atoms with E-state index >= 15 is 9.59 Å². The van der Waals surface area contributed by atoms with Crippen LogP contribution in [0.2, 0.25) is 0 Å². The largest absolute Gasteiger partial charge is 0.455 e. The van der Waals surface area contributed by atoms with Crippen LogP contribution in [0.15, 0.2) is 110 Å². The number of aliphatic hydroxyl groups is 1. The van der Waals surface area contributed by atoms with Crippen LogP contribution in [0.3, 0.4) is 0 Å². The Morgan fingerprint density at radius 2 is 1.77 bits per heavy atom. The van der Waals surface area contributed by atoms with E-state index in [1.54, 1.807) is 28.7 Å². The molecule has 1 spiro atoms. The van der Waals surface area contributed by atoms with Crippen LogP contribution in [0.1, 0.15) is 49.8 Å². The summed E-state index contributed by atoms with van der Waals surface area (Å²) in [5.74, 6) is -3.82. The molecule has 0 radical (unpaired) electrons. The van der Waals surface area contributed by atoms with Crippen LogP contribution >= 0.6 is 0 Å². The lowest BCUT2D eigenvalue weighted by atomic mass is 9.70. The number of nitrogens with one attached hydrogen (secondary N) is 1. The molecule has 13 heteroatoms. The van der Waals surface area contributed by atoms with Gasteiger partial charge in [0.1, 0.15) is 29.9 Å². The number of hydrogen-bond donors (Lipinski definition) is 2. The topological polar surface area (TPSA) is 156 Å². The van der Waals surface area contributed by atoms with E-state index in [4.69, 9.17) is 9.47 Å². The molecule has 3 saturated heterocycles. The molecule has 4 aromatic rings. The van der Waals surface area contributed by atoms with Gasteiger partial charge in [0.2, 0.25) is 17.7 Å². The normalized spacial score (nSPS) is 24.0. The van der Waals surface area contributed by atoms with Crippen molar-refractivity contribution < 1.29 is 33.8 Å². The zero-order valence-corrected chi connectivity index (χ0v) is 31.5. The summed E-state index contributed by atoms with van der Waals surface area (Å²) in [4.78, 5) is 60.6. The summed E-state index contributed by atoms with van der Waals surface area (Å²) in [6, 6.07) is 23.4.